The van der Waals surface area contributed by atoms with E-state index in [9.17, 15) is 8.78 Å². The maximum Gasteiger partial charge on any atom is 0.186 e. The number of nitrogen functional groups attached to an aromatic ring is 2. The average Bonchev–Trinajstić information content (AvgIpc) is 2.33. The van der Waals surface area contributed by atoms with Gasteiger partial charge in [0.05, 0.1) is 0 Å². The average molecular weight is 249 g/mol. The molecule has 18 heavy (non-hydrogen) atoms. The van der Waals surface area contributed by atoms with Gasteiger partial charge in [0.2, 0.25) is 0 Å². The summed E-state index contributed by atoms with van der Waals surface area (Å²) in [7, 11) is 0. The van der Waals surface area contributed by atoms with Crippen molar-refractivity contribution in [1.82, 2.24) is 4.98 Å². The zero-order valence-electron chi connectivity index (χ0n) is 9.14. The number of nitrogens with zero attached hydrogens (tertiary/aromatic N) is 3. The Morgan fingerprint density at radius 1 is 0.944 bits per heavy atom. The van der Waals surface area contributed by atoms with Gasteiger partial charge in [0.1, 0.15) is 17.2 Å². The van der Waals surface area contributed by atoms with Crippen LogP contribution in [0, 0.1) is 11.6 Å². The van der Waals surface area contributed by atoms with Crippen molar-refractivity contribution >= 4 is 23.0 Å². The topological polar surface area (TPSA) is 89.6 Å². The van der Waals surface area contributed by atoms with E-state index in [2.05, 4.69) is 15.2 Å². The van der Waals surface area contributed by atoms with Gasteiger partial charge in [0, 0.05) is 0 Å². The standard InChI is InChI=1S/C11H9F2N5/c12-6-2-1-3-7(10(6)13)17-18-8-4-5-9(14)16-11(8)15/h1-5H,(H4,14,15,16). The summed E-state index contributed by atoms with van der Waals surface area (Å²) in [5, 5.41) is 7.27. The number of pyridine rings is 1. The molecule has 0 aliphatic carbocycles. The molecule has 0 spiro atoms. The zero-order valence-corrected chi connectivity index (χ0v) is 9.14. The van der Waals surface area contributed by atoms with E-state index in [4.69, 9.17) is 11.5 Å². The van der Waals surface area contributed by atoms with Crippen LogP contribution in [-0.4, -0.2) is 4.98 Å². The molecule has 1 aromatic heterocycles. The number of anilines is 2. The van der Waals surface area contributed by atoms with Crippen LogP contribution in [-0.2, 0) is 0 Å². The van der Waals surface area contributed by atoms with Crippen molar-refractivity contribution in [2.24, 2.45) is 10.2 Å². The van der Waals surface area contributed by atoms with E-state index in [-0.39, 0.29) is 23.0 Å². The third-order valence-electron chi connectivity index (χ3n) is 2.12. The van der Waals surface area contributed by atoms with Gasteiger partial charge in [-0.25, -0.2) is 13.8 Å². The van der Waals surface area contributed by atoms with Crippen molar-refractivity contribution in [3.8, 4) is 0 Å². The summed E-state index contributed by atoms with van der Waals surface area (Å²) in [6.45, 7) is 0. The lowest BCUT2D eigenvalue weighted by Crippen LogP contribution is -1.95. The molecule has 0 aliphatic rings. The summed E-state index contributed by atoms with van der Waals surface area (Å²) in [6.07, 6.45) is 0. The normalized spacial score (nSPS) is 11.0. The van der Waals surface area contributed by atoms with E-state index in [0.29, 0.717) is 0 Å². The predicted octanol–water partition coefficient (Wildman–Crippen LogP) is 2.94. The maximum absolute atomic E-state index is 13.3. The molecule has 2 rings (SSSR count). The number of aromatic nitrogens is 1. The first-order valence-corrected chi connectivity index (χ1v) is 4.95. The van der Waals surface area contributed by atoms with Gasteiger partial charge in [-0.15, -0.1) is 10.2 Å². The van der Waals surface area contributed by atoms with Crippen LogP contribution in [0.1, 0.15) is 0 Å². The highest BCUT2D eigenvalue weighted by molar-refractivity contribution is 5.60. The quantitative estimate of drug-likeness (QED) is 0.801. The number of azo groups is 1. The van der Waals surface area contributed by atoms with Gasteiger partial charge in [-0.05, 0) is 24.3 Å². The minimum Gasteiger partial charge on any atom is -0.384 e. The predicted molar refractivity (Wildman–Crippen MR) is 63.6 cm³/mol. The highest BCUT2D eigenvalue weighted by Crippen LogP contribution is 2.25. The molecule has 4 N–H and O–H groups in total. The molecular weight excluding hydrogens is 240 g/mol. The molecule has 0 saturated carbocycles. The zero-order chi connectivity index (χ0) is 13.1. The van der Waals surface area contributed by atoms with E-state index < -0.39 is 11.6 Å². The Kier molecular flexibility index (Phi) is 3.13. The Morgan fingerprint density at radius 2 is 1.67 bits per heavy atom. The van der Waals surface area contributed by atoms with Crippen LogP contribution in [0.25, 0.3) is 0 Å². The fraction of sp³-hybridized carbons (Fsp3) is 0. The molecule has 0 saturated heterocycles. The van der Waals surface area contributed by atoms with Crippen molar-refractivity contribution in [2.45, 2.75) is 0 Å². The Bertz CT molecular complexity index is 612. The Balaban J connectivity index is 2.33. The number of halogens is 2. The molecule has 0 amide bonds. The summed E-state index contributed by atoms with van der Waals surface area (Å²) in [5.74, 6) is -1.75. The summed E-state index contributed by atoms with van der Waals surface area (Å²) in [5.41, 5.74) is 11.0. The van der Waals surface area contributed by atoms with Gasteiger partial charge < -0.3 is 11.5 Å². The molecule has 0 aliphatic heterocycles. The first-order valence-electron chi connectivity index (χ1n) is 4.95. The first-order chi connectivity index (χ1) is 8.58. The smallest absolute Gasteiger partial charge is 0.186 e. The molecule has 1 aromatic carbocycles. The van der Waals surface area contributed by atoms with Crippen LogP contribution in [0.4, 0.5) is 31.8 Å². The van der Waals surface area contributed by atoms with Gasteiger partial charge >= 0.3 is 0 Å². The second kappa shape index (κ2) is 4.74. The van der Waals surface area contributed by atoms with Crippen molar-refractivity contribution in [3.05, 3.63) is 42.0 Å². The van der Waals surface area contributed by atoms with E-state index in [1.165, 1.54) is 24.3 Å². The van der Waals surface area contributed by atoms with Crippen molar-refractivity contribution in [3.63, 3.8) is 0 Å². The molecule has 5 nitrogen and oxygen atoms in total. The van der Waals surface area contributed by atoms with Gasteiger partial charge in [0.25, 0.3) is 0 Å². The van der Waals surface area contributed by atoms with Crippen LogP contribution in [0.2, 0.25) is 0 Å². The van der Waals surface area contributed by atoms with Crippen molar-refractivity contribution in [2.75, 3.05) is 11.5 Å². The van der Waals surface area contributed by atoms with Gasteiger partial charge in [-0.2, -0.15) is 0 Å². The fourth-order valence-corrected chi connectivity index (χ4v) is 1.25. The third-order valence-corrected chi connectivity index (χ3v) is 2.12. The van der Waals surface area contributed by atoms with Crippen LogP contribution < -0.4 is 11.5 Å². The Hall–Kier alpha value is -2.57. The minimum absolute atomic E-state index is 0.0653. The van der Waals surface area contributed by atoms with Crippen molar-refractivity contribution in [1.29, 1.82) is 0 Å². The summed E-state index contributed by atoms with van der Waals surface area (Å²) < 4.78 is 26.2. The van der Waals surface area contributed by atoms with E-state index in [1.54, 1.807) is 0 Å². The second-order valence-electron chi connectivity index (χ2n) is 3.41. The molecule has 0 bridgehead atoms. The minimum atomic E-state index is -1.07. The summed E-state index contributed by atoms with van der Waals surface area (Å²) >= 11 is 0. The van der Waals surface area contributed by atoms with Crippen molar-refractivity contribution < 1.29 is 8.78 Å². The van der Waals surface area contributed by atoms with Gasteiger partial charge in [-0.3, -0.25) is 0 Å². The lowest BCUT2D eigenvalue weighted by Gasteiger charge is -1.99. The molecule has 92 valence electrons. The SMILES string of the molecule is Nc1ccc(N=Nc2cccc(F)c2F)c(N)n1. The molecule has 1 heterocycles. The lowest BCUT2D eigenvalue weighted by molar-refractivity contribution is 0.510. The van der Waals surface area contributed by atoms with Crippen LogP contribution >= 0.6 is 0 Å². The molecule has 2 aromatic rings. The maximum atomic E-state index is 13.3. The Labute approximate surface area is 101 Å². The largest absolute Gasteiger partial charge is 0.384 e. The highest BCUT2D eigenvalue weighted by Gasteiger charge is 2.07. The molecular formula is C11H9F2N5. The van der Waals surface area contributed by atoms with E-state index in [1.807, 2.05) is 0 Å². The lowest BCUT2D eigenvalue weighted by atomic mass is 10.3. The van der Waals surface area contributed by atoms with E-state index >= 15 is 0 Å². The molecule has 7 heteroatoms. The number of rotatable bonds is 2. The number of hydrogen-bond acceptors (Lipinski definition) is 5. The molecule has 0 radical (unpaired) electrons. The monoisotopic (exact) mass is 249 g/mol. The molecule has 0 fully saturated rings. The highest BCUT2D eigenvalue weighted by atomic mass is 19.2. The van der Waals surface area contributed by atoms with Crippen LogP contribution in [0.3, 0.4) is 0 Å². The third kappa shape index (κ3) is 2.40. The summed E-state index contributed by atoms with van der Waals surface area (Å²) in [4.78, 5) is 3.76. The molecule has 0 atom stereocenters. The number of benzene rings is 1. The number of hydrogen-bond donors (Lipinski definition) is 2. The number of nitrogens with two attached hydrogens (primary N) is 2. The van der Waals surface area contributed by atoms with Crippen LogP contribution in [0.15, 0.2) is 40.6 Å². The fourth-order valence-electron chi connectivity index (χ4n) is 1.25. The first kappa shape index (κ1) is 11.9. The summed E-state index contributed by atoms with van der Waals surface area (Å²) in [6, 6.07) is 6.58. The Morgan fingerprint density at radius 3 is 2.39 bits per heavy atom. The molecule has 0 unspecified atom stereocenters. The van der Waals surface area contributed by atoms with Gasteiger partial charge in [-0.1, -0.05) is 6.07 Å². The van der Waals surface area contributed by atoms with E-state index in [0.717, 1.165) is 6.07 Å². The van der Waals surface area contributed by atoms with Crippen LogP contribution in [0.5, 0.6) is 0 Å². The van der Waals surface area contributed by atoms with Gasteiger partial charge in [0.15, 0.2) is 17.5 Å². The second-order valence-corrected chi connectivity index (χ2v) is 3.41.